The summed E-state index contributed by atoms with van der Waals surface area (Å²) in [5, 5.41) is 0. The minimum absolute atomic E-state index is 0.0972. The first-order valence-electron chi connectivity index (χ1n) is 6.76. The van der Waals surface area contributed by atoms with Crippen LogP contribution < -0.4 is 5.73 Å². The largest absolute Gasteiger partial charge is 0.389 e. The highest BCUT2D eigenvalue weighted by molar-refractivity contribution is 7.80. The van der Waals surface area contributed by atoms with E-state index in [0.29, 0.717) is 17.7 Å². The fourth-order valence-electron chi connectivity index (χ4n) is 2.84. The van der Waals surface area contributed by atoms with Crippen LogP contribution in [0.2, 0.25) is 0 Å². The Balaban J connectivity index is 2.18. The van der Waals surface area contributed by atoms with Crippen LogP contribution >= 0.6 is 12.2 Å². The van der Waals surface area contributed by atoms with Gasteiger partial charge in [-0.2, -0.15) is 0 Å². The SMILES string of the molecule is CC1CN(Cc2cccc(C(N)=S)c2F)CC(C)(C)O1. The number of benzene rings is 1. The Labute approximate surface area is 124 Å². The summed E-state index contributed by atoms with van der Waals surface area (Å²) in [6.07, 6.45) is 0.139. The third-order valence-corrected chi connectivity index (χ3v) is 3.60. The molecule has 0 bridgehead atoms. The van der Waals surface area contributed by atoms with Crippen LogP contribution in [-0.2, 0) is 11.3 Å². The number of halogens is 1. The van der Waals surface area contributed by atoms with E-state index in [1.165, 1.54) is 0 Å². The van der Waals surface area contributed by atoms with Crippen LogP contribution in [0.3, 0.4) is 0 Å². The average Bonchev–Trinajstić information content (AvgIpc) is 2.28. The van der Waals surface area contributed by atoms with Crippen LogP contribution in [0.25, 0.3) is 0 Å². The summed E-state index contributed by atoms with van der Waals surface area (Å²) in [5.74, 6) is -0.308. The molecule has 1 aliphatic rings. The molecule has 0 amide bonds. The molecule has 20 heavy (non-hydrogen) atoms. The van der Waals surface area contributed by atoms with Gasteiger partial charge in [0.25, 0.3) is 0 Å². The number of nitrogens with zero attached hydrogens (tertiary/aromatic N) is 1. The standard InChI is InChI=1S/C15H21FN2OS/c1-10-7-18(9-15(2,3)19-10)8-11-5-4-6-12(13(11)16)14(17)20/h4-6,10H,7-9H2,1-3H3,(H2,17,20). The molecule has 1 atom stereocenters. The molecule has 1 fully saturated rings. The highest BCUT2D eigenvalue weighted by Crippen LogP contribution is 2.23. The summed E-state index contributed by atoms with van der Waals surface area (Å²) in [4.78, 5) is 2.30. The van der Waals surface area contributed by atoms with E-state index in [0.717, 1.165) is 13.1 Å². The van der Waals surface area contributed by atoms with Crippen LogP contribution in [-0.4, -0.2) is 34.7 Å². The van der Waals surface area contributed by atoms with Crippen LogP contribution in [0.15, 0.2) is 18.2 Å². The van der Waals surface area contributed by atoms with Gasteiger partial charge in [-0.1, -0.05) is 24.4 Å². The van der Waals surface area contributed by atoms with Crippen molar-refractivity contribution in [3.8, 4) is 0 Å². The Kier molecular flexibility index (Phi) is 4.42. The van der Waals surface area contributed by atoms with Gasteiger partial charge in [0.05, 0.1) is 11.7 Å². The van der Waals surface area contributed by atoms with Crippen molar-refractivity contribution >= 4 is 17.2 Å². The lowest BCUT2D eigenvalue weighted by Crippen LogP contribution is -2.51. The van der Waals surface area contributed by atoms with Crippen molar-refractivity contribution in [2.45, 2.75) is 39.0 Å². The van der Waals surface area contributed by atoms with Crippen LogP contribution in [0.5, 0.6) is 0 Å². The number of thiocarbonyl (C=S) groups is 1. The second kappa shape index (κ2) is 5.76. The summed E-state index contributed by atoms with van der Waals surface area (Å²) in [5.41, 5.74) is 6.27. The molecule has 1 saturated heterocycles. The molecule has 1 heterocycles. The smallest absolute Gasteiger partial charge is 0.137 e. The molecule has 1 aromatic rings. The van der Waals surface area contributed by atoms with Crippen LogP contribution in [0.4, 0.5) is 4.39 Å². The van der Waals surface area contributed by atoms with Crippen molar-refractivity contribution in [1.82, 2.24) is 4.90 Å². The number of rotatable bonds is 3. The highest BCUT2D eigenvalue weighted by atomic mass is 32.1. The molecule has 0 radical (unpaired) electrons. The molecule has 0 aliphatic carbocycles. The van der Waals surface area contributed by atoms with E-state index >= 15 is 0 Å². The van der Waals surface area contributed by atoms with E-state index in [2.05, 4.69) is 18.7 Å². The van der Waals surface area contributed by atoms with Gasteiger partial charge in [-0.25, -0.2) is 4.39 Å². The monoisotopic (exact) mass is 296 g/mol. The topological polar surface area (TPSA) is 38.5 Å². The summed E-state index contributed by atoms with van der Waals surface area (Å²) in [7, 11) is 0. The predicted octanol–water partition coefficient (Wildman–Crippen LogP) is 2.46. The van der Waals surface area contributed by atoms with E-state index in [9.17, 15) is 4.39 Å². The van der Waals surface area contributed by atoms with Gasteiger partial charge in [-0.15, -0.1) is 0 Å². The maximum absolute atomic E-state index is 14.3. The molecule has 0 spiro atoms. The average molecular weight is 296 g/mol. The molecule has 1 aliphatic heterocycles. The van der Waals surface area contributed by atoms with Gasteiger partial charge in [0.15, 0.2) is 0 Å². The van der Waals surface area contributed by atoms with Crippen molar-refractivity contribution in [2.75, 3.05) is 13.1 Å². The first kappa shape index (κ1) is 15.4. The fraction of sp³-hybridized carbons (Fsp3) is 0.533. The Morgan fingerprint density at radius 2 is 2.25 bits per heavy atom. The summed E-state index contributed by atoms with van der Waals surface area (Å²) in [6, 6.07) is 5.19. The van der Waals surface area contributed by atoms with Crippen molar-refractivity contribution in [3.05, 3.63) is 35.1 Å². The molecule has 0 aromatic heterocycles. The van der Waals surface area contributed by atoms with Gasteiger partial charge in [0, 0.05) is 30.8 Å². The third-order valence-electron chi connectivity index (χ3n) is 3.38. The summed E-state index contributed by atoms with van der Waals surface area (Å²) in [6.45, 7) is 8.25. The Morgan fingerprint density at radius 3 is 2.85 bits per heavy atom. The number of hydrogen-bond acceptors (Lipinski definition) is 3. The number of nitrogens with two attached hydrogens (primary N) is 1. The predicted molar refractivity (Wildman–Crippen MR) is 82.2 cm³/mol. The molecular formula is C15H21FN2OS. The lowest BCUT2D eigenvalue weighted by Gasteiger charge is -2.41. The first-order chi connectivity index (χ1) is 9.28. The van der Waals surface area contributed by atoms with Crippen molar-refractivity contribution in [2.24, 2.45) is 5.73 Å². The Hall–Kier alpha value is -1.04. The first-order valence-corrected chi connectivity index (χ1v) is 7.17. The van der Waals surface area contributed by atoms with Gasteiger partial charge >= 0.3 is 0 Å². The molecule has 1 unspecified atom stereocenters. The zero-order valence-electron chi connectivity index (χ0n) is 12.1. The van der Waals surface area contributed by atoms with Crippen LogP contribution in [0.1, 0.15) is 31.9 Å². The zero-order valence-corrected chi connectivity index (χ0v) is 13.0. The molecule has 2 N–H and O–H groups in total. The summed E-state index contributed by atoms with van der Waals surface area (Å²) >= 11 is 4.87. The number of ether oxygens (including phenoxy) is 1. The highest BCUT2D eigenvalue weighted by Gasteiger charge is 2.31. The van der Waals surface area contributed by atoms with E-state index in [1.807, 2.05) is 6.92 Å². The van der Waals surface area contributed by atoms with Gasteiger partial charge in [0.1, 0.15) is 10.8 Å². The van der Waals surface area contributed by atoms with Gasteiger partial charge in [-0.05, 0) is 26.8 Å². The van der Waals surface area contributed by atoms with E-state index in [4.69, 9.17) is 22.7 Å². The number of morpholine rings is 1. The van der Waals surface area contributed by atoms with E-state index in [-0.39, 0.29) is 22.5 Å². The lowest BCUT2D eigenvalue weighted by molar-refractivity contribution is -0.130. The normalized spacial score (nSPS) is 22.7. The van der Waals surface area contributed by atoms with Crippen molar-refractivity contribution < 1.29 is 9.13 Å². The number of hydrogen-bond donors (Lipinski definition) is 1. The Bertz CT molecular complexity index is 519. The molecule has 1 aromatic carbocycles. The maximum atomic E-state index is 14.3. The minimum atomic E-state index is -0.308. The van der Waals surface area contributed by atoms with Gasteiger partial charge in [0.2, 0.25) is 0 Å². The molecule has 5 heteroatoms. The van der Waals surface area contributed by atoms with Crippen LogP contribution in [0, 0.1) is 5.82 Å². The Morgan fingerprint density at radius 1 is 1.55 bits per heavy atom. The molecule has 0 saturated carbocycles. The van der Waals surface area contributed by atoms with E-state index < -0.39 is 0 Å². The second-order valence-corrected chi connectivity index (χ2v) is 6.44. The van der Waals surface area contributed by atoms with Crippen molar-refractivity contribution in [3.63, 3.8) is 0 Å². The quantitative estimate of drug-likeness (QED) is 0.870. The van der Waals surface area contributed by atoms with Crippen molar-refractivity contribution in [1.29, 1.82) is 0 Å². The molecule has 2 rings (SSSR count). The van der Waals surface area contributed by atoms with Gasteiger partial charge < -0.3 is 10.5 Å². The third kappa shape index (κ3) is 3.53. The van der Waals surface area contributed by atoms with E-state index in [1.54, 1.807) is 18.2 Å². The molecule has 3 nitrogen and oxygen atoms in total. The zero-order chi connectivity index (χ0) is 14.9. The second-order valence-electron chi connectivity index (χ2n) is 6.00. The maximum Gasteiger partial charge on any atom is 0.137 e. The lowest BCUT2D eigenvalue weighted by atomic mass is 10.0. The fourth-order valence-corrected chi connectivity index (χ4v) is 3.00. The minimum Gasteiger partial charge on any atom is -0.389 e. The summed E-state index contributed by atoms with van der Waals surface area (Å²) < 4.78 is 20.2. The molecular weight excluding hydrogens is 275 g/mol. The van der Waals surface area contributed by atoms with Gasteiger partial charge in [-0.3, -0.25) is 4.90 Å². The molecule has 110 valence electrons.